The van der Waals surface area contributed by atoms with Crippen LogP contribution in [-0.2, 0) is 4.74 Å². The Morgan fingerprint density at radius 1 is 1.42 bits per heavy atom. The molecular weight excluding hydrogens is 258 g/mol. The van der Waals surface area contributed by atoms with Gasteiger partial charge in [-0.15, -0.1) is 0 Å². The van der Waals surface area contributed by atoms with Crippen LogP contribution in [-0.4, -0.2) is 49.8 Å². The van der Waals surface area contributed by atoms with Crippen LogP contribution < -0.4 is 11.2 Å². The summed E-state index contributed by atoms with van der Waals surface area (Å²) in [6, 6.07) is 2.50. The number of aromatic nitrogens is 2. The molecule has 0 unspecified atom stereocenters. The number of aromatic amines is 1. The highest BCUT2D eigenvalue weighted by molar-refractivity contribution is 5.19. The zero-order chi connectivity index (χ0) is 14.2. The zero-order valence-corrected chi connectivity index (χ0v) is 9.55. The number of nitrogens with one attached hydrogen (secondary N) is 1. The maximum absolute atomic E-state index is 11.7. The molecule has 1 aliphatic rings. The van der Waals surface area contributed by atoms with E-state index in [0.29, 0.717) is 0 Å². The molecule has 0 bridgehead atoms. The molecule has 0 saturated carbocycles. The normalized spacial score (nSPS) is 30.2. The molecule has 9 nitrogen and oxygen atoms in total. The van der Waals surface area contributed by atoms with Crippen molar-refractivity contribution in [3.05, 3.63) is 32.6 Å². The molecule has 0 radical (unpaired) electrons. The molecule has 1 aromatic rings. The Morgan fingerprint density at radius 3 is 2.63 bits per heavy atom. The minimum atomic E-state index is -1.51. The fourth-order valence-electron chi connectivity index (χ4n) is 1.94. The number of H-pyrrole nitrogens is 1. The first-order valence-corrected chi connectivity index (χ1v) is 5.38. The van der Waals surface area contributed by atoms with Gasteiger partial charge in [0.1, 0.15) is 30.1 Å². The second kappa shape index (κ2) is 4.94. The largest absolute Gasteiger partial charge is 0.394 e. The van der Waals surface area contributed by atoms with Crippen LogP contribution >= 0.6 is 0 Å². The van der Waals surface area contributed by atoms with Crippen molar-refractivity contribution >= 4 is 0 Å². The van der Waals surface area contributed by atoms with Gasteiger partial charge >= 0.3 is 5.69 Å². The van der Waals surface area contributed by atoms with Crippen LogP contribution in [0.25, 0.3) is 0 Å². The Morgan fingerprint density at radius 2 is 2.11 bits per heavy atom. The van der Waals surface area contributed by atoms with E-state index in [-0.39, 0.29) is 5.69 Å². The Labute approximate surface area is 105 Å². The van der Waals surface area contributed by atoms with Gasteiger partial charge in [0.15, 0.2) is 6.23 Å². The smallest absolute Gasteiger partial charge is 0.331 e. The molecule has 4 N–H and O–H groups in total. The highest BCUT2D eigenvalue weighted by atomic mass is 16.6. The van der Waals surface area contributed by atoms with Crippen molar-refractivity contribution in [3.8, 4) is 6.07 Å². The van der Waals surface area contributed by atoms with Crippen molar-refractivity contribution in [3.63, 3.8) is 0 Å². The van der Waals surface area contributed by atoms with E-state index in [1.165, 1.54) is 0 Å². The van der Waals surface area contributed by atoms with Gasteiger partial charge in [0, 0.05) is 6.07 Å². The summed E-state index contributed by atoms with van der Waals surface area (Å²) in [4.78, 5) is 24.7. The number of nitrogens with zero attached hydrogens (tertiary/aromatic N) is 2. The predicted molar refractivity (Wildman–Crippen MR) is 59.0 cm³/mol. The fraction of sp³-hybridized carbons (Fsp3) is 0.500. The molecule has 4 atom stereocenters. The lowest BCUT2D eigenvalue weighted by molar-refractivity contribution is -0.0554. The van der Waals surface area contributed by atoms with E-state index in [4.69, 9.17) is 15.1 Å². The maximum Gasteiger partial charge on any atom is 0.331 e. The van der Waals surface area contributed by atoms with E-state index in [0.717, 1.165) is 10.6 Å². The number of aliphatic hydroxyl groups is 3. The van der Waals surface area contributed by atoms with Crippen molar-refractivity contribution < 1.29 is 20.1 Å². The molecule has 2 heterocycles. The van der Waals surface area contributed by atoms with Gasteiger partial charge in [-0.05, 0) is 0 Å². The van der Waals surface area contributed by atoms with Crippen LogP contribution in [0.3, 0.4) is 0 Å². The number of ether oxygens (including phenoxy) is 1. The first kappa shape index (κ1) is 13.4. The molecule has 102 valence electrons. The van der Waals surface area contributed by atoms with Crippen molar-refractivity contribution in [2.24, 2.45) is 0 Å². The van der Waals surface area contributed by atoms with Crippen molar-refractivity contribution in [2.75, 3.05) is 6.61 Å². The third-order valence-corrected chi connectivity index (χ3v) is 2.86. The monoisotopic (exact) mass is 269 g/mol. The summed E-state index contributed by atoms with van der Waals surface area (Å²) in [5.41, 5.74) is -2.02. The highest BCUT2D eigenvalue weighted by Crippen LogP contribution is 2.28. The summed E-state index contributed by atoms with van der Waals surface area (Å²) in [6.07, 6.45) is -5.34. The lowest BCUT2D eigenvalue weighted by Crippen LogP contribution is -2.39. The molecule has 1 fully saturated rings. The SMILES string of the molecule is N#Cc1cc(=O)[nH]c(=O)n1[C@@H]1O[C@H](CO)[C@H](O)[C@@H]1O. The molecular formula is C10H11N3O6. The maximum atomic E-state index is 11.7. The molecule has 2 rings (SSSR count). The lowest BCUT2D eigenvalue weighted by atomic mass is 10.1. The standard InChI is InChI=1S/C10H11N3O6/c11-2-4-1-6(15)12-10(18)13(4)9-8(17)7(16)5(3-14)19-9/h1,5,7-9,14,16-17H,3H2,(H,12,15,18)/t5-,7+,8+,9-/m1/s1. The lowest BCUT2D eigenvalue weighted by Gasteiger charge is -2.18. The Kier molecular flexibility index (Phi) is 3.50. The van der Waals surface area contributed by atoms with E-state index in [1.54, 1.807) is 6.07 Å². The van der Waals surface area contributed by atoms with Gasteiger partial charge < -0.3 is 20.1 Å². The minimum Gasteiger partial charge on any atom is -0.394 e. The van der Waals surface area contributed by atoms with Gasteiger partial charge in [-0.3, -0.25) is 14.3 Å². The van der Waals surface area contributed by atoms with Crippen LogP contribution in [0.2, 0.25) is 0 Å². The van der Waals surface area contributed by atoms with Crippen LogP contribution in [0.15, 0.2) is 15.7 Å². The van der Waals surface area contributed by atoms with Crippen LogP contribution in [0.4, 0.5) is 0 Å². The Bertz CT molecular complexity index is 629. The number of aliphatic hydroxyl groups excluding tert-OH is 3. The molecule has 9 heteroatoms. The van der Waals surface area contributed by atoms with Crippen molar-refractivity contribution in [2.45, 2.75) is 24.5 Å². The molecule has 1 aromatic heterocycles. The first-order valence-electron chi connectivity index (χ1n) is 5.38. The minimum absolute atomic E-state index is 0.316. The van der Waals surface area contributed by atoms with E-state index >= 15 is 0 Å². The summed E-state index contributed by atoms with van der Waals surface area (Å²) >= 11 is 0. The summed E-state index contributed by atoms with van der Waals surface area (Å²) in [7, 11) is 0. The van der Waals surface area contributed by atoms with Gasteiger partial charge in [-0.2, -0.15) is 5.26 Å². The summed E-state index contributed by atoms with van der Waals surface area (Å²) in [5.74, 6) is 0. The molecule has 0 amide bonds. The average molecular weight is 269 g/mol. The molecule has 1 aliphatic heterocycles. The van der Waals surface area contributed by atoms with E-state index in [2.05, 4.69) is 0 Å². The second-order valence-electron chi connectivity index (χ2n) is 4.03. The fourth-order valence-corrected chi connectivity index (χ4v) is 1.94. The predicted octanol–water partition coefficient (Wildman–Crippen LogP) is -2.98. The third-order valence-electron chi connectivity index (χ3n) is 2.86. The zero-order valence-electron chi connectivity index (χ0n) is 9.55. The highest BCUT2D eigenvalue weighted by Gasteiger charge is 2.44. The number of rotatable bonds is 2. The third kappa shape index (κ3) is 2.18. The van der Waals surface area contributed by atoms with Gasteiger partial charge in [0.05, 0.1) is 6.61 Å². The Hall–Kier alpha value is -1.99. The molecule has 1 saturated heterocycles. The van der Waals surface area contributed by atoms with Crippen molar-refractivity contribution in [1.82, 2.24) is 9.55 Å². The van der Waals surface area contributed by atoms with Gasteiger partial charge in [0.2, 0.25) is 0 Å². The topological polar surface area (TPSA) is 149 Å². The molecule has 0 aliphatic carbocycles. The molecule has 19 heavy (non-hydrogen) atoms. The van der Waals surface area contributed by atoms with Crippen molar-refractivity contribution in [1.29, 1.82) is 5.26 Å². The quantitative estimate of drug-likeness (QED) is 0.447. The summed E-state index contributed by atoms with van der Waals surface area (Å²) in [5, 5.41) is 37.2. The molecule has 0 spiro atoms. The van der Waals surface area contributed by atoms with Crippen LogP contribution in [0.1, 0.15) is 11.9 Å². The number of hydrogen-bond acceptors (Lipinski definition) is 7. The van der Waals surface area contributed by atoms with E-state index in [9.17, 15) is 19.8 Å². The number of nitriles is 1. The van der Waals surface area contributed by atoms with Gasteiger partial charge in [-0.25, -0.2) is 4.79 Å². The summed E-state index contributed by atoms with van der Waals surface area (Å²) < 4.78 is 5.85. The number of hydrogen-bond donors (Lipinski definition) is 4. The van der Waals surface area contributed by atoms with E-state index in [1.807, 2.05) is 4.98 Å². The average Bonchev–Trinajstić information content (AvgIpc) is 2.65. The second-order valence-corrected chi connectivity index (χ2v) is 4.03. The van der Waals surface area contributed by atoms with Crippen LogP contribution in [0.5, 0.6) is 0 Å². The first-order chi connectivity index (χ1) is 8.99. The van der Waals surface area contributed by atoms with Gasteiger partial charge in [-0.1, -0.05) is 0 Å². The molecule has 0 aromatic carbocycles. The summed E-state index contributed by atoms with van der Waals surface area (Å²) in [6.45, 7) is -0.561. The van der Waals surface area contributed by atoms with Crippen LogP contribution in [0, 0.1) is 11.3 Å². The Balaban J connectivity index is 2.52. The van der Waals surface area contributed by atoms with Gasteiger partial charge in [0.25, 0.3) is 5.56 Å². The van der Waals surface area contributed by atoms with E-state index < -0.39 is 42.4 Å².